The lowest BCUT2D eigenvalue weighted by Gasteiger charge is -2.60. The fourth-order valence-electron chi connectivity index (χ4n) is 7.50. The maximum atomic E-state index is 13.6. The predicted molar refractivity (Wildman–Crippen MR) is 124 cm³/mol. The van der Waals surface area contributed by atoms with E-state index in [9.17, 15) is 19.2 Å². The molecule has 2 bridgehead atoms. The molecule has 6 heteroatoms. The second-order valence-electron chi connectivity index (χ2n) is 10.5. The van der Waals surface area contributed by atoms with Gasteiger partial charge in [0.15, 0.2) is 0 Å². The Morgan fingerprint density at radius 2 is 0.824 bits per heavy atom. The van der Waals surface area contributed by atoms with E-state index >= 15 is 0 Å². The Kier molecular flexibility index (Phi) is 3.82. The first kappa shape index (κ1) is 19.9. The van der Waals surface area contributed by atoms with Crippen LogP contribution in [0.5, 0.6) is 0 Å². The van der Waals surface area contributed by atoms with Crippen molar-refractivity contribution in [3.05, 3.63) is 71.8 Å². The highest BCUT2D eigenvalue weighted by atomic mass is 16.2. The Labute approximate surface area is 197 Å². The second-order valence-corrected chi connectivity index (χ2v) is 10.5. The standard InChI is InChI=1S/C28H24N2O4/c1-13-3-7-15(8-4-13)29-25(31)21-17-11-12-18(22(21)26(29)32)20-19(17)23-24(20)28(34)30(27(23)33)16-9-5-14(2)6-10-16/h3-12,17-24H,1-2H3/t17-,18+,19-,20-,21+,22-,23-,24-/m1/s1. The van der Waals surface area contributed by atoms with Crippen LogP contribution in [0.15, 0.2) is 60.7 Å². The lowest BCUT2D eigenvalue weighted by Crippen LogP contribution is -2.63. The van der Waals surface area contributed by atoms with Crippen molar-refractivity contribution in [2.24, 2.45) is 47.3 Å². The molecule has 0 aromatic heterocycles. The van der Waals surface area contributed by atoms with E-state index in [1.807, 2.05) is 74.5 Å². The minimum atomic E-state index is -0.456. The van der Waals surface area contributed by atoms with Gasteiger partial charge in [-0.25, -0.2) is 0 Å². The van der Waals surface area contributed by atoms with Gasteiger partial charge in [-0.05, 0) is 61.8 Å². The molecule has 8 rings (SSSR count). The van der Waals surface area contributed by atoms with Gasteiger partial charge >= 0.3 is 0 Å². The Hall–Kier alpha value is -3.54. The lowest BCUT2D eigenvalue weighted by atomic mass is 9.40. The summed E-state index contributed by atoms with van der Waals surface area (Å²) in [5.41, 5.74) is 3.32. The summed E-state index contributed by atoms with van der Waals surface area (Å²) < 4.78 is 0. The minimum absolute atomic E-state index is 0.0668. The highest BCUT2D eigenvalue weighted by molar-refractivity contribution is 6.25. The van der Waals surface area contributed by atoms with E-state index in [0.717, 1.165) is 11.1 Å². The lowest BCUT2D eigenvalue weighted by molar-refractivity contribution is -0.166. The summed E-state index contributed by atoms with van der Waals surface area (Å²) >= 11 is 0. The van der Waals surface area contributed by atoms with Gasteiger partial charge in [0.25, 0.3) is 0 Å². The first-order chi connectivity index (χ1) is 16.4. The SMILES string of the molecule is Cc1ccc(N2C(=O)[C@@H]3[C@H]4C=C[C@@H]([C@@H]3C2=O)[C@H]2[C@H]3C(=O)N(c5ccc(C)cc5)C(=O)[C@@H]3[C@H]42)cc1. The van der Waals surface area contributed by atoms with Gasteiger partial charge in [-0.2, -0.15) is 0 Å². The maximum Gasteiger partial charge on any atom is 0.238 e. The van der Waals surface area contributed by atoms with E-state index in [0.29, 0.717) is 11.4 Å². The maximum absolute atomic E-state index is 13.6. The normalized spacial score (nSPS) is 37.1. The van der Waals surface area contributed by atoms with Crippen LogP contribution in [0, 0.1) is 61.2 Å². The summed E-state index contributed by atoms with van der Waals surface area (Å²) in [6.07, 6.45) is 4.08. The number of carbonyl (C=O) groups is 4. The van der Waals surface area contributed by atoms with Crippen molar-refractivity contribution in [1.29, 1.82) is 0 Å². The van der Waals surface area contributed by atoms with E-state index in [4.69, 9.17) is 0 Å². The average molecular weight is 453 g/mol. The number of amides is 4. The third kappa shape index (κ3) is 2.26. The topological polar surface area (TPSA) is 74.8 Å². The number of benzene rings is 2. The van der Waals surface area contributed by atoms with Crippen molar-refractivity contribution in [2.45, 2.75) is 13.8 Å². The van der Waals surface area contributed by atoms with Crippen LogP contribution >= 0.6 is 0 Å². The van der Waals surface area contributed by atoms with Crippen LogP contribution in [0.3, 0.4) is 0 Å². The van der Waals surface area contributed by atoms with Crippen LogP contribution in [0.4, 0.5) is 11.4 Å². The number of hydrogen-bond acceptors (Lipinski definition) is 4. The molecule has 4 fully saturated rings. The summed E-state index contributed by atoms with van der Waals surface area (Å²) in [5, 5.41) is 0. The van der Waals surface area contributed by atoms with Gasteiger partial charge < -0.3 is 0 Å². The summed E-state index contributed by atoms with van der Waals surface area (Å²) in [7, 11) is 0. The average Bonchev–Trinajstić information content (AvgIpc) is 3.19. The van der Waals surface area contributed by atoms with Crippen LogP contribution in [0.2, 0.25) is 0 Å². The molecule has 2 aliphatic heterocycles. The minimum Gasteiger partial charge on any atom is -0.274 e. The summed E-state index contributed by atoms with van der Waals surface area (Å²) in [5.74, 6) is -2.92. The van der Waals surface area contributed by atoms with Gasteiger partial charge in [0.1, 0.15) is 0 Å². The molecular formula is C28H24N2O4. The molecule has 0 N–H and O–H groups in total. The molecule has 8 atom stereocenters. The molecule has 4 amide bonds. The molecule has 0 unspecified atom stereocenters. The van der Waals surface area contributed by atoms with Gasteiger partial charge in [0.05, 0.1) is 35.0 Å². The second kappa shape index (κ2) is 6.53. The van der Waals surface area contributed by atoms with Gasteiger partial charge in [-0.1, -0.05) is 47.5 Å². The van der Waals surface area contributed by atoms with Crippen molar-refractivity contribution >= 4 is 35.0 Å². The van der Waals surface area contributed by atoms with Crippen molar-refractivity contribution in [3.8, 4) is 0 Å². The third-order valence-electron chi connectivity index (χ3n) is 8.93. The van der Waals surface area contributed by atoms with Gasteiger partial charge in [-0.15, -0.1) is 0 Å². The van der Waals surface area contributed by atoms with E-state index < -0.39 is 23.7 Å². The number of nitrogens with zero attached hydrogens (tertiary/aromatic N) is 2. The zero-order chi connectivity index (χ0) is 23.5. The number of imide groups is 2. The fourth-order valence-corrected chi connectivity index (χ4v) is 7.50. The molecule has 2 aromatic carbocycles. The first-order valence-corrected chi connectivity index (χ1v) is 12.0. The highest BCUT2D eigenvalue weighted by Crippen LogP contribution is 2.68. The van der Waals surface area contributed by atoms with Crippen LogP contribution in [-0.2, 0) is 19.2 Å². The predicted octanol–water partition coefficient (Wildman–Crippen LogP) is 3.28. The fraction of sp³-hybridized carbons (Fsp3) is 0.357. The zero-order valence-corrected chi connectivity index (χ0v) is 18.9. The van der Waals surface area contributed by atoms with Gasteiger partial charge in [0, 0.05) is 0 Å². The largest absolute Gasteiger partial charge is 0.274 e. The van der Waals surface area contributed by atoms with Crippen molar-refractivity contribution < 1.29 is 19.2 Å². The van der Waals surface area contributed by atoms with Crippen molar-refractivity contribution in [3.63, 3.8) is 0 Å². The molecular weight excluding hydrogens is 428 g/mol. The number of allylic oxidation sites excluding steroid dienone is 2. The van der Waals surface area contributed by atoms with Crippen LogP contribution in [0.25, 0.3) is 0 Å². The number of carbonyl (C=O) groups excluding carboxylic acids is 4. The molecule has 170 valence electrons. The number of fused-ring (bicyclic) bond motifs is 1. The Balaban J connectivity index is 1.25. The van der Waals surface area contributed by atoms with Crippen LogP contribution < -0.4 is 9.80 Å². The number of anilines is 2. The molecule has 6 aliphatic rings. The van der Waals surface area contributed by atoms with E-state index in [1.165, 1.54) is 9.80 Å². The first-order valence-electron chi connectivity index (χ1n) is 12.0. The molecule has 4 aliphatic carbocycles. The Morgan fingerprint density at radius 1 is 0.500 bits per heavy atom. The summed E-state index contributed by atoms with van der Waals surface area (Å²) in [6, 6.07) is 14.8. The highest BCUT2D eigenvalue weighted by Gasteiger charge is 2.75. The van der Waals surface area contributed by atoms with Crippen LogP contribution in [-0.4, -0.2) is 23.6 Å². The Morgan fingerprint density at radius 3 is 1.18 bits per heavy atom. The monoisotopic (exact) mass is 452 g/mol. The molecule has 2 aromatic rings. The van der Waals surface area contributed by atoms with Gasteiger partial charge in [0.2, 0.25) is 23.6 Å². The molecule has 0 radical (unpaired) electrons. The van der Waals surface area contributed by atoms with Crippen molar-refractivity contribution in [1.82, 2.24) is 0 Å². The molecule has 6 nitrogen and oxygen atoms in total. The number of aryl methyl sites for hydroxylation is 2. The quantitative estimate of drug-likeness (QED) is 0.518. The molecule has 2 saturated heterocycles. The molecule has 0 spiro atoms. The smallest absolute Gasteiger partial charge is 0.238 e. The zero-order valence-electron chi connectivity index (χ0n) is 18.9. The molecule has 34 heavy (non-hydrogen) atoms. The summed E-state index contributed by atoms with van der Waals surface area (Å²) in [4.78, 5) is 56.7. The van der Waals surface area contributed by atoms with Crippen molar-refractivity contribution in [2.75, 3.05) is 9.80 Å². The third-order valence-corrected chi connectivity index (χ3v) is 8.93. The van der Waals surface area contributed by atoms with Crippen LogP contribution in [0.1, 0.15) is 11.1 Å². The van der Waals surface area contributed by atoms with E-state index in [-0.39, 0.29) is 47.3 Å². The molecule has 2 saturated carbocycles. The van der Waals surface area contributed by atoms with E-state index in [1.54, 1.807) is 0 Å². The number of rotatable bonds is 2. The Bertz CT molecular complexity index is 1250. The number of hydrogen-bond donors (Lipinski definition) is 0. The summed E-state index contributed by atoms with van der Waals surface area (Å²) in [6.45, 7) is 3.93. The van der Waals surface area contributed by atoms with Gasteiger partial charge in [-0.3, -0.25) is 29.0 Å². The molecule has 2 heterocycles. The van der Waals surface area contributed by atoms with E-state index in [2.05, 4.69) is 0 Å².